The van der Waals surface area contributed by atoms with Crippen molar-refractivity contribution in [1.82, 2.24) is 4.90 Å². The predicted octanol–water partition coefficient (Wildman–Crippen LogP) is 3.58. The lowest BCUT2D eigenvalue weighted by Gasteiger charge is -2.38. The fourth-order valence-corrected chi connectivity index (χ4v) is 3.94. The van der Waals surface area contributed by atoms with Gasteiger partial charge in [-0.05, 0) is 31.3 Å². The van der Waals surface area contributed by atoms with Gasteiger partial charge in [-0.3, -0.25) is 4.90 Å². The van der Waals surface area contributed by atoms with Gasteiger partial charge in [-0.25, -0.2) is 0 Å². The monoisotopic (exact) mass is 394 g/mol. The maximum absolute atomic E-state index is 10.8. The molecule has 2 aromatic carbocycles. The summed E-state index contributed by atoms with van der Waals surface area (Å²) in [6, 6.07) is 14.2. The molecule has 6 heteroatoms. The van der Waals surface area contributed by atoms with Crippen molar-refractivity contribution < 1.29 is 9.84 Å². The standard InChI is InChI=1S/C17H18N2O2S.BrH/c1-19-8-9-21-17(20,11-19)12-6-7-14-16(10-12)22-15-5-3-2-4-13(15)18-14;/h2-7,10,18,20H,8-9,11H2,1H3;1H. The maximum Gasteiger partial charge on any atom is 0.205 e. The van der Waals surface area contributed by atoms with Gasteiger partial charge in [-0.2, -0.15) is 0 Å². The SMILES string of the molecule is Br.CN1CCOC(O)(c2ccc3c(c2)Sc2ccccc2N3)C1. The minimum Gasteiger partial charge on any atom is -0.361 e. The molecule has 122 valence electrons. The molecule has 0 radical (unpaired) electrons. The number of β-amino-alcohol motifs (C(OH)–C–C–N with tert-alkyl or cyclic N) is 1. The van der Waals surface area contributed by atoms with Gasteiger partial charge in [-0.1, -0.05) is 30.0 Å². The molecule has 0 aliphatic carbocycles. The molecule has 0 spiro atoms. The van der Waals surface area contributed by atoms with Crippen LogP contribution in [-0.2, 0) is 10.5 Å². The van der Waals surface area contributed by atoms with Gasteiger partial charge >= 0.3 is 0 Å². The van der Waals surface area contributed by atoms with E-state index in [0.29, 0.717) is 13.2 Å². The van der Waals surface area contributed by atoms with E-state index in [9.17, 15) is 5.11 Å². The largest absolute Gasteiger partial charge is 0.361 e. The molecule has 2 aromatic rings. The van der Waals surface area contributed by atoms with Gasteiger partial charge in [0.25, 0.3) is 0 Å². The quantitative estimate of drug-likeness (QED) is 0.660. The van der Waals surface area contributed by atoms with Crippen LogP contribution >= 0.6 is 28.7 Å². The fourth-order valence-electron chi connectivity index (χ4n) is 2.91. The zero-order valence-corrected chi connectivity index (χ0v) is 15.3. The van der Waals surface area contributed by atoms with Crippen LogP contribution in [-0.4, -0.2) is 36.8 Å². The number of nitrogens with zero attached hydrogens (tertiary/aromatic N) is 1. The van der Waals surface area contributed by atoms with Crippen molar-refractivity contribution in [2.24, 2.45) is 0 Å². The van der Waals surface area contributed by atoms with Gasteiger partial charge in [0.05, 0.1) is 24.5 Å². The minimum absolute atomic E-state index is 0. The first kappa shape index (κ1) is 16.8. The number of hydrogen-bond acceptors (Lipinski definition) is 5. The average Bonchev–Trinajstić information content (AvgIpc) is 2.52. The molecule has 4 nitrogen and oxygen atoms in total. The molecule has 4 rings (SSSR count). The summed E-state index contributed by atoms with van der Waals surface area (Å²) in [4.78, 5) is 4.39. The zero-order chi connectivity index (χ0) is 15.2. The Morgan fingerprint density at radius 2 is 1.96 bits per heavy atom. The summed E-state index contributed by atoms with van der Waals surface area (Å²) in [5.41, 5.74) is 3.01. The smallest absolute Gasteiger partial charge is 0.205 e. The lowest BCUT2D eigenvalue weighted by Crippen LogP contribution is -2.48. The number of anilines is 2. The Morgan fingerprint density at radius 3 is 2.78 bits per heavy atom. The molecule has 1 saturated heterocycles. The van der Waals surface area contributed by atoms with Crippen LogP contribution in [0.2, 0.25) is 0 Å². The Balaban J connectivity index is 0.00000156. The van der Waals surface area contributed by atoms with Crippen molar-refractivity contribution in [3.63, 3.8) is 0 Å². The lowest BCUT2D eigenvalue weighted by molar-refractivity contribution is -0.245. The first-order valence-corrected chi connectivity index (χ1v) is 8.19. The van der Waals surface area contributed by atoms with Crippen LogP contribution < -0.4 is 5.32 Å². The Bertz CT molecular complexity index is 727. The molecule has 2 heterocycles. The molecule has 2 aliphatic rings. The second-order valence-electron chi connectivity index (χ2n) is 5.80. The van der Waals surface area contributed by atoms with Gasteiger partial charge in [0.1, 0.15) is 0 Å². The number of likely N-dealkylation sites (N-methyl/N-ethyl adjacent to an activating group) is 1. The fraction of sp³-hybridized carbons (Fsp3) is 0.294. The number of ether oxygens (including phenoxy) is 1. The van der Waals surface area contributed by atoms with Crippen molar-refractivity contribution in [2.45, 2.75) is 15.6 Å². The molecule has 23 heavy (non-hydrogen) atoms. The first-order valence-electron chi connectivity index (χ1n) is 7.37. The van der Waals surface area contributed by atoms with Crippen molar-refractivity contribution >= 4 is 40.1 Å². The molecular weight excluding hydrogens is 376 g/mol. The molecule has 1 unspecified atom stereocenters. The topological polar surface area (TPSA) is 44.7 Å². The third-order valence-corrected chi connectivity index (χ3v) is 5.24. The average molecular weight is 395 g/mol. The summed E-state index contributed by atoms with van der Waals surface area (Å²) in [6.45, 7) is 1.87. The number of rotatable bonds is 1. The molecule has 1 atom stereocenters. The Morgan fingerprint density at radius 1 is 1.17 bits per heavy atom. The zero-order valence-electron chi connectivity index (χ0n) is 12.8. The van der Waals surface area contributed by atoms with Crippen molar-refractivity contribution in [3.05, 3.63) is 48.0 Å². The number of nitrogens with one attached hydrogen (secondary N) is 1. The van der Waals surface area contributed by atoms with E-state index in [1.54, 1.807) is 11.8 Å². The molecule has 1 fully saturated rings. The maximum atomic E-state index is 10.8. The second kappa shape index (κ2) is 6.45. The van der Waals surface area contributed by atoms with Gasteiger partial charge in [0.15, 0.2) is 0 Å². The Kier molecular flexibility index (Phi) is 4.71. The summed E-state index contributed by atoms with van der Waals surface area (Å²) in [7, 11) is 2.00. The Hall–Kier alpha value is -1.05. The molecule has 2 aliphatic heterocycles. The minimum atomic E-state index is -1.22. The lowest BCUT2D eigenvalue weighted by atomic mass is 10.0. The van der Waals surface area contributed by atoms with Crippen molar-refractivity contribution in [1.29, 1.82) is 0 Å². The second-order valence-corrected chi connectivity index (χ2v) is 6.89. The normalized spacial score (nSPS) is 23.2. The molecule has 0 bridgehead atoms. The molecule has 2 N–H and O–H groups in total. The van der Waals surface area contributed by atoms with E-state index in [1.807, 2.05) is 37.4 Å². The van der Waals surface area contributed by atoms with Gasteiger partial charge in [0.2, 0.25) is 5.79 Å². The molecule has 0 saturated carbocycles. The van der Waals surface area contributed by atoms with E-state index < -0.39 is 5.79 Å². The van der Waals surface area contributed by atoms with Crippen LogP contribution in [0.4, 0.5) is 11.4 Å². The summed E-state index contributed by atoms with van der Waals surface area (Å²) in [5, 5.41) is 14.3. The van der Waals surface area contributed by atoms with Crippen LogP contribution in [0.3, 0.4) is 0 Å². The van der Waals surface area contributed by atoms with Crippen LogP contribution in [0.25, 0.3) is 0 Å². The molecule has 0 aromatic heterocycles. The van der Waals surface area contributed by atoms with Crippen molar-refractivity contribution in [2.75, 3.05) is 32.1 Å². The van der Waals surface area contributed by atoms with Crippen LogP contribution in [0, 0.1) is 0 Å². The highest BCUT2D eigenvalue weighted by Gasteiger charge is 2.35. The molecule has 0 amide bonds. The number of aliphatic hydroxyl groups is 1. The van der Waals surface area contributed by atoms with Crippen LogP contribution in [0.15, 0.2) is 52.3 Å². The summed E-state index contributed by atoms with van der Waals surface area (Å²) < 4.78 is 5.67. The van der Waals surface area contributed by atoms with E-state index in [0.717, 1.165) is 28.4 Å². The summed E-state index contributed by atoms with van der Waals surface area (Å²) >= 11 is 1.72. The summed E-state index contributed by atoms with van der Waals surface area (Å²) in [5.74, 6) is -1.22. The summed E-state index contributed by atoms with van der Waals surface area (Å²) in [6.07, 6.45) is 0. The molecular formula is C17H19BrN2O2S. The highest BCUT2D eigenvalue weighted by atomic mass is 79.9. The number of morpholine rings is 1. The van der Waals surface area contributed by atoms with E-state index in [2.05, 4.69) is 22.3 Å². The van der Waals surface area contributed by atoms with E-state index in [1.165, 1.54) is 4.90 Å². The third kappa shape index (κ3) is 3.14. The highest BCUT2D eigenvalue weighted by Crippen LogP contribution is 2.45. The van der Waals surface area contributed by atoms with E-state index in [4.69, 9.17) is 4.74 Å². The number of halogens is 1. The number of fused-ring (bicyclic) bond motifs is 2. The number of benzene rings is 2. The predicted molar refractivity (Wildman–Crippen MR) is 98.0 cm³/mol. The van der Waals surface area contributed by atoms with Crippen LogP contribution in [0.5, 0.6) is 0 Å². The van der Waals surface area contributed by atoms with Gasteiger partial charge in [-0.15, -0.1) is 17.0 Å². The van der Waals surface area contributed by atoms with E-state index >= 15 is 0 Å². The van der Waals surface area contributed by atoms with Gasteiger partial charge in [0, 0.05) is 21.9 Å². The van der Waals surface area contributed by atoms with Crippen LogP contribution in [0.1, 0.15) is 5.56 Å². The Labute approximate surface area is 150 Å². The first-order chi connectivity index (χ1) is 10.6. The number of para-hydroxylation sites is 1. The van der Waals surface area contributed by atoms with Crippen molar-refractivity contribution in [3.8, 4) is 0 Å². The highest BCUT2D eigenvalue weighted by molar-refractivity contribution is 8.93. The third-order valence-electron chi connectivity index (χ3n) is 4.11. The van der Waals surface area contributed by atoms with Gasteiger partial charge < -0.3 is 15.2 Å². The number of hydrogen-bond donors (Lipinski definition) is 2. The van der Waals surface area contributed by atoms with E-state index in [-0.39, 0.29) is 17.0 Å².